The number of aliphatic hydroxyl groups excluding tert-OH is 1. The van der Waals surface area contributed by atoms with Crippen molar-refractivity contribution in [2.75, 3.05) is 52.5 Å². The Bertz CT molecular complexity index is 1690. The molecule has 2 N–H and O–H groups in total. The van der Waals surface area contributed by atoms with Crippen molar-refractivity contribution in [3.8, 4) is 17.2 Å². The lowest BCUT2D eigenvalue weighted by atomic mass is 9.95. The van der Waals surface area contributed by atoms with Crippen LogP contribution in [0.25, 0.3) is 21.9 Å². The summed E-state index contributed by atoms with van der Waals surface area (Å²) in [6, 6.07) is 3.51. The van der Waals surface area contributed by atoms with E-state index < -0.39 is 0 Å². The Morgan fingerprint density at radius 2 is 1.18 bits per heavy atom. The van der Waals surface area contributed by atoms with Crippen molar-refractivity contribution in [1.29, 1.82) is 0 Å². The van der Waals surface area contributed by atoms with Gasteiger partial charge in [-0.3, -0.25) is 4.79 Å². The van der Waals surface area contributed by atoms with Crippen molar-refractivity contribution in [1.82, 2.24) is 9.80 Å². The molecule has 0 amide bonds. The number of benzene rings is 2. The number of hydrogen-bond acceptors (Lipinski definition) is 8. The molecular formula is C42H60N2O6. The third-order valence-electron chi connectivity index (χ3n) is 10.2. The van der Waals surface area contributed by atoms with E-state index in [1.54, 1.807) is 12.1 Å². The second kappa shape index (κ2) is 18.8. The van der Waals surface area contributed by atoms with Gasteiger partial charge in [-0.25, -0.2) is 0 Å². The maximum absolute atomic E-state index is 14.4. The van der Waals surface area contributed by atoms with Crippen LogP contribution in [0.3, 0.4) is 0 Å². The molecule has 50 heavy (non-hydrogen) atoms. The van der Waals surface area contributed by atoms with E-state index in [1.807, 2.05) is 39.8 Å². The second-order valence-corrected chi connectivity index (χ2v) is 14.8. The van der Waals surface area contributed by atoms with E-state index in [-0.39, 0.29) is 28.8 Å². The standard InChI is InChI=1S/C42H60N2O6/c1-30(2)15-17-32-34(29-45)36(49-26-14-12-24-44-21-9-6-10-22-44)28-37-39(32)42(47)40-38(50-37)27-35(33(41(40)46)18-16-31(3)4)48-25-13-11-23-43-19-7-5-8-20-43/h15-16,27-28,45-46H,5-14,17-26,29H2,1-4H3. The molecule has 0 spiro atoms. The number of ether oxygens (including phenoxy) is 2. The van der Waals surface area contributed by atoms with Crippen LogP contribution in [0.2, 0.25) is 0 Å². The number of phenols is 1. The first-order valence-corrected chi connectivity index (χ1v) is 19.1. The summed E-state index contributed by atoms with van der Waals surface area (Å²) in [6.45, 7) is 15.7. The number of allylic oxidation sites excluding steroid dienone is 4. The highest BCUT2D eigenvalue weighted by Crippen LogP contribution is 2.39. The number of rotatable bonds is 17. The predicted molar refractivity (Wildman–Crippen MR) is 204 cm³/mol. The van der Waals surface area contributed by atoms with Crippen molar-refractivity contribution < 1.29 is 24.1 Å². The molecule has 8 nitrogen and oxygen atoms in total. The van der Waals surface area contributed by atoms with Crippen molar-refractivity contribution in [2.45, 2.75) is 111 Å². The van der Waals surface area contributed by atoms with Crippen LogP contribution in [0, 0.1) is 0 Å². The van der Waals surface area contributed by atoms with Crippen LogP contribution in [-0.4, -0.2) is 72.5 Å². The van der Waals surface area contributed by atoms with E-state index in [2.05, 4.69) is 9.80 Å². The van der Waals surface area contributed by atoms with E-state index in [4.69, 9.17) is 13.9 Å². The first kappa shape index (κ1) is 37.9. The average Bonchev–Trinajstić information content (AvgIpc) is 3.10. The molecule has 3 aromatic rings. The van der Waals surface area contributed by atoms with E-state index in [9.17, 15) is 15.0 Å². The molecule has 8 heteroatoms. The Labute approximate surface area is 298 Å². The highest BCUT2D eigenvalue weighted by molar-refractivity contribution is 5.97. The number of aromatic hydroxyl groups is 1. The van der Waals surface area contributed by atoms with Gasteiger partial charge in [0.15, 0.2) is 0 Å². The Hall–Kier alpha value is -3.33. The predicted octanol–water partition coefficient (Wildman–Crippen LogP) is 8.45. The molecule has 2 aliphatic rings. The Morgan fingerprint density at radius 1 is 0.700 bits per heavy atom. The first-order valence-electron chi connectivity index (χ1n) is 19.1. The number of piperidine rings is 2. The van der Waals surface area contributed by atoms with E-state index in [0.717, 1.165) is 49.9 Å². The molecule has 0 atom stereocenters. The lowest BCUT2D eigenvalue weighted by molar-refractivity contribution is 0.214. The Balaban J connectivity index is 1.47. The van der Waals surface area contributed by atoms with Gasteiger partial charge in [0.05, 0.1) is 25.2 Å². The highest BCUT2D eigenvalue weighted by atomic mass is 16.5. The number of hydrogen-bond donors (Lipinski definition) is 2. The molecule has 2 fully saturated rings. The zero-order valence-corrected chi connectivity index (χ0v) is 31.1. The largest absolute Gasteiger partial charge is 0.507 e. The van der Waals surface area contributed by atoms with Gasteiger partial charge in [-0.05, 0) is 137 Å². The summed E-state index contributed by atoms with van der Waals surface area (Å²) in [7, 11) is 0. The molecule has 0 radical (unpaired) electrons. The minimum absolute atomic E-state index is 0.105. The summed E-state index contributed by atoms with van der Waals surface area (Å²) in [6.07, 6.45) is 16.6. The van der Waals surface area contributed by atoms with Gasteiger partial charge in [-0.15, -0.1) is 0 Å². The van der Waals surface area contributed by atoms with Crippen molar-refractivity contribution in [3.05, 3.63) is 62.3 Å². The molecule has 274 valence electrons. The Morgan fingerprint density at radius 3 is 1.68 bits per heavy atom. The summed E-state index contributed by atoms with van der Waals surface area (Å²) in [5, 5.41) is 22.9. The zero-order chi connectivity index (χ0) is 35.5. The summed E-state index contributed by atoms with van der Waals surface area (Å²) < 4.78 is 19.1. The van der Waals surface area contributed by atoms with Gasteiger partial charge < -0.3 is 33.9 Å². The third kappa shape index (κ3) is 9.92. The first-order chi connectivity index (χ1) is 24.3. The number of unbranched alkanes of at least 4 members (excludes halogenated alkanes) is 2. The van der Waals surface area contributed by atoms with Gasteiger partial charge in [0, 0.05) is 23.3 Å². The highest BCUT2D eigenvalue weighted by Gasteiger charge is 2.24. The normalized spacial score (nSPS) is 15.8. The molecular weight excluding hydrogens is 628 g/mol. The topological polar surface area (TPSA) is 95.6 Å². The lowest BCUT2D eigenvalue weighted by Crippen LogP contribution is -2.30. The quantitative estimate of drug-likeness (QED) is 0.0829. The zero-order valence-electron chi connectivity index (χ0n) is 31.1. The molecule has 0 saturated carbocycles. The lowest BCUT2D eigenvalue weighted by Gasteiger charge is -2.26. The molecule has 0 bridgehead atoms. The van der Waals surface area contributed by atoms with Gasteiger partial charge in [0.1, 0.15) is 33.8 Å². The average molecular weight is 689 g/mol. The van der Waals surface area contributed by atoms with Crippen molar-refractivity contribution in [2.24, 2.45) is 0 Å². The van der Waals surface area contributed by atoms with E-state index >= 15 is 0 Å². The Kier molecular flexibility index (Phi) is 14.2. The molecule has 2 aromatic carbocycles. The molecule has 2 saturated heterocycles. The molecule has 0 aliphatic carbocycles. The van der Waals surface area contributed by atoms with Crippen LogP contribution in [-0.2, 0) is 19.4 Å². The summed E-state index contributed by atoms with van der Waals surface area (Å²) in [5.74, 6) is 0.966. The monoisotopic (exact) mass is 688 g/mol. The van der Waals surface area contributed by atoms with Crippen LogP contribution in [0.4, 0.5) is 0 Å². The van der Waals surface area contributed by atoms with Gasteiger partial charge in [-0.1, -0.05) is 36.1 Å². The smallest absolute Gasteiger partial charge is 0.204 e. The third-order valence-corrected chi connectivity index (χ3v) is 10.2. The van der Waals surface area contributed by atoms with Crippen LogP contribution in [0.1, 0.15) is 109 Å². The maximum Gasteiger partial charge on any atom is 0.204 e. The van der Waals surface area contributed by atoms with Crippen molar-refractivity contribution >= 4 is 21.9 Å². The second-order valence-electron chi connectivity index (χ2n) is 14.8. The molecule has 3 heterocycles. The number of phenolic OH excluding ortho intramolecular Hbond substituents is 1. The van der Waals surface area contributed by atoms with Crippen LogP contribution >= 0.6 is 0 Å². The minimum atomic E-state index is -0.315. The molecule has 2 aliphatic heterocycles. The summed E-state index contributed by atoms with van der Waals surface area (Å²) in [5.41, 5.74) is 4.39. The van der Waals surface area contributed by atoms with Gasteiger partial charge in [-0.2, -0.15) is 0 Å². The minimum Gasteiger partial charge on any atom is -0.507 e. The fourth-order valence-electron chi connectivity index (χ4n) is 7.33. The van der Waals surface area contributed by atoms with E-state index in [1.165, 1.54) is 64.7 Å². The van der Waals surface area contributed by atoms with Crippen LogP contribution < -0.4 is 14.9 Å². The van der Waals surface area contributed by atoms with Crippen LogP contribution in [0.15, 0.2) is 44.6 Å². The summed E-state index contributed by atoms with van der Waals surface area (Å²) >= 11 is 0. The molecule has 1 aromatic heterocycles. The number of aliphatic hydroxyl groups is 1. The van der Waals surface area contributed by atoms with Gasteiger partial charge in [0.2, 0.25) is 5.43 Å². The SMILES string of the molecule is CC(C)=CCc1c(OCCCCN2CCCCC2)cc2oc3cc(OCCCCN4CCCCC4)c(CO)c(CC=C(C)C)c3c(=O)c2c1O. The number of likely N-dealkylation sites (tertiary alicyclic amines) is 2. The summed E-state index contributed by atoms with van der Waals surface area (Å²) in [4.78, 5) is 19.5. The van der Waals surface area contributed by atoms with Gasteiger partial charge in [0.25, 0.3) is 0 Å². The number of nitrogens with zero attached hydrogens (tertiary/aromatic N) is 2. The fourth-order valence-corrected chi connectivity index (χ4v) is 7.33. The number of fused-ring (bicyclic) bond motifs is 2. The van der Waals surface area contributed by atoms with Crippen molar-refractivity contribution in [3.63, 3.8) is 0 Å². The molecule has 5 rings (SSSR count). The molecule has 0 unspecified atom stereocenters. The van der Waals surface area contributed by atoms with E-state index in [0.29, 0.717) is 65.2 Å². The fraction of sp³-hybridized carbons (Fsp3) is 0.595. The van der Waals surface area contributed by atoms with Crippen LogP contribution in [0.5, 0.6) is 17.2 Å². The maximum atomic E-state index is 14.4. The van der Waals surface area contributed by atoms with Gasteiger partial charge >= 0.3 is 0 Å².